The molecule has 0 saturated heterocycles. The van der Waals surface area contributed by atoms with Gasteiger partial charge in [-0.2, -0.15) is 0 Å². The summed E-state index contributed by atoms with van der Waals surface area (Å²) in [7, 11) is 0. The topological polar surface area (TPSA) is 46.0 Å². The molecule has 0 atom stereocenters. The van der Waals surface area contributed by atoms with Crippen LogP contribution in [0.4, 0.5) is 0 Å². The van der Waals surface area contributed by atoms with E-state index in [4.69, 9.17) is 4.42 Å². The standard InChI is InChI=1S/C10H10NO2/c1-2-3-7-4-5-9-8(6-7)11-10(12)13-9/h4-6H,1-3H2,(H,11,12). The van der Waals surface area contributed by atoms with Crippen LogP contribution >= 0.6 is 0 Å². The first-order chi connectivity index (χ1) is 6.29. The molecule has 0 aliphatic carbocycles. The largest absolute Gasteiger partial charge is 0.417 e. The van der Waals surface area contributed by atoms with Crippen LogP contribution in [-0.4, -0.2) is 4.98 Å². The second-order valence-electron chi connectivity index (χ2n) is 2.95. The van der Waals surface area contributed by atoms with Crippen LogP contribution < -0.4 is 5.76 Å². The minimum Gasteiger partial charge on any atom is -0.408 e. The molecule has 2 rings (SSSR count). The van der Waals surface area contributed by atoms with Crippen molar-refractivity contribution >= 4 is 11.1 Å². The van der Waals surface area contributed by atoms with Gasteiger partial charge in [0.25, 0.3) is 0 Å². The lowest BCUT2D eigenvalue weighted by atomic mass is 10.1. The summed E-state index contributed by atoms with van der Waals surface area (Å²) in [5.41, 5.74) is 2.54. The number of hydrogen-bond donors (Lipinski definition) is 1. The predicted octanol–water partition coefficient (Wildman–Crippen LogP) is 1.89. The van der Waals surface area contributed by atoms with Gasteiger partial charge >= 0.3 is 5.76 Å². The highest BCUT2D eigenvalue weighted by Crippen LogP contribution is 2.13. The molecule has 1 heterocycles. The lowest BCUT2D eigenvalue weighted by Crippen LogP contribution is -1.93. The molecular formula is C10H10NO2. The van der Waals surface area contributed by atoms with E-state index in [0.717, 1.165) is 18.4 Å². The number of nitrogens with one attached hydrogen (secondary N) is 1. The molecule has 2 aromatic rings. The average molecular weight is 176 g/mol. The molecule has 0 aliphatic heterocycles. The lowest BCUT2D eigenvalue weighted by Gasteiger charge is -1.95. The molecule has 1 aromatic carbocycles. The molecular weight excluding hydrogens is 166 g/mol. The van der Waals surface area contributed by atoms with Gasteiger partial charge in [-0.05, 0) is 30.5 Å². The van der Waals surface area contributed by atoms with Crippen LogP contribution in [-0.2, 0) is 6.42 Å². The molecule has 1 N–H and O–H groups in total. The molecule has 67 valence electrons. The summed E-state index contributed by atoms with van der Waals surface area (Å²) in [5, 5.41) is 0. The maximum atomic E-state index is 10.8. The van der Waals surface area contributed by atoms with Gasteiger partial charge in [-0.1, -0.05) is 13.0 Å². The SMILES string of the molecule is [CH2]CCc1ccc2oc(=O)[nH]c2c1. The van der Waals surface area contributed by atoms with Gasteiger partial charge in [-0.3, -0.25) is 4.98 Å². The summed E-state index contributed by atoms with van der Waals surface area (Å²) in [5.74, 6) is -0.401. The average Bonchev–Trinajstić information content (AvgIpc) is 2.44. The first kappa shape index (κ1) is 8.10. The zero-order valence-electron chi connectivity index (χ0n) is 7.17. The number of aromatic nitrogens is 1. The third-order valence-corrected chi connectivity index (χ3v) is 1.95. The predicted molar refractivity (Wildman–Crippen MR) is 50.5 cm³/mol. The molecule has 0 saturated carbocycles. The molecule has 0 spiro atoms. The number of aryl methyl sites for hydroxylation is 1. The Morgan fingerprint density at radius 2 is 2.31 bits per heavy atom. The minimum atomic E-state index is -0.401. The highest BCUT2D eigenvalue weighted by atomic mass is 16.4. The van der Waals surface area contributed by atoms with E-state index in [-0.39, 0.29) is 0 Å². The van der Waals surface area contributed by atoms with Crippen LogP contribution in [0.5, 0.6) is 0 Å². The number of benzene rings is 1. The Hall–Kier alpha value is -1.51. The van der Waals surface area contributed by atoms with Gasteiger partial charge in [-0.15, -0.1) is 0 Å². The Kier molecular flexibility index (Phi) is 1.93. The monoisotopic (exact) mass is 176 g/mol. The van der Waals surface area contributed by atoms with E-state index in [9.17, 15) is 4.79 Å². The first-order valence-corrected chi connectivity index (χ1v) is 4.20. The highest BCUT2D eigenvalue weighted by Gasteiger charge is 2.00. The van der Waals surface area contributed by atoms with Crippen LogP contribution in [0.3, 0.4) is 0 Å². The van der Waals surface area contributed by atoms with Gasteiger partial charge in [0, 0.05) is 0 Å². The maximum Gasteiger partial charge on any atom is 0.417 e. The van der Waals surface area contributed by atoms with Crippen molar-refractivity contribution in [1.29, 1.82) is 0 Å². The van der Waals surface area contributed by atoms with Crippen molar-refractivity contribution in [3.8, 4) is 0 Å². The molecule has 3 nitrogen and oxygen atoms in total. The molecule has 0 unspecified atom stereocenters. The van der Waals surface area contributed by atoms with E-state index in [2.05, 4.69) is 11.9 Å². The minimum absolute atomic E-state index is 0.401. The molecule has 0 aliphatic rings. The fourth-order valence-corrected chi connectivity index (χ4v) is 1.36. The Balaban J connectivity index is 2.54. The zero-order chi connectivity index (χ0) is 9.26. The number of aromatic amines is 1. The van der Waals surface area contributed by atoms with Crippen molar-refractivity contribution in [3.05, 3.63) is 41.2 Å². The summed E-state index contributed by atoms with van der Waals surface area (Å²) in [6.07, 6.45) is 1.77. The number of fused-ring (bicyclic) bond motifs is 1. The van der Waals surface area contributed by atoms with E-state index in [1.165, 1.54) is 5.56 Å². The van der Waals surface area contributed by atoms with Gasteiger partial charge in [-0.25, -0.2) is 4.79 Å². The van der Waals surface area contributed by atoms with E-state index in [1.807, 2.05) is 12.1 Å². The summed E-state index contributed by atoms with van der Waals surface area (Å²) < 4.78 is 4.87. The van der Waals surface area contributed by atoms with Crippen molar-refractivity contribution in [3.63, 3.8) is 0 Å². The Morgan fingerprint density at radius 1 is 1.46 bits per heavy atom. The fraction of sp³-hybridized carbons (Fsp3) is 0.200. The number of oxazole rings is 1. The quantitative estimate of drug-likeness (QED) is 0.759. The number of H-pyrrole nitrogens is 1. The number of hydrogen-bond acceptors (Lipinski definition) is 2. The number of rotatable bonds is 2. The summed E-state index contributed by atoms with van der Waals surface area (Å²) in [6, 6.07) is 5.67. The molecule has 0 amide bonds. The molecule has 0 fully saturated rings. The third kappa shape index (κ3) is 1.49. The van der Waals surface area contributed by atoms with Crippen molar-refractivity contribution in [1.82, 2.24) is 4.98 Å². The molecule has 0 bridgehead atoms. The van der Waals surface area contributed by atoms with Crippen molar-refractivity contribution in [2.45, 2.75) is 12.8 Å². The van der Waals surface area contributed by atoms with E-state index in [0.29, 0.717) is 5.58 Å². The Labute approximate surface area is 75.4 Å². The highest BCUT2D eigenvalue weighted by molar-refractivity contribution is 5.72. The van der Waals surface area contributed by atoms with Crippen molar-refractivity contribution in [2.24, 2.45) is 0 Å². The van der Waals surface area contributed by atoms with Gasteiger partial charge < -0.3 is 4.42 Å². The van der Waals surface area contributed by atoms with Crippen LogP contribution in [0.15, 0.2) is 27.4 Å². The molecule has 1 radical (unpaired) electrons. The molecule has 3 heteroatoms. The maximum absolute atomic E-state index is 10.8. The van der Waals surface area contributed by atoms with E-state index >= 15 is 0 Å². The normalized spacial score (nSPS) is 10.8. The van der Waals surface area contributed by atoms with Gasteiger partial charge in [0.05, 0.1) is 5.52 Å². The fourth-order valence-electron chi connectivity index (χ4n) is 1.36. The van der Waals surface area contributed by atoms with Crippen molar-refractivity contribution < 1.29 is 4.42 Å². The second kappa shape index (κ2) is 3.09. The van der Waals surface area contributed by atoms with Crippen LogP contribution in [0.1, 0.15) is 12.0 Å². The Bertz CT molecular complexity index is 467. The smallest absolute Gasteiger partial charge is 0.408 e. The van der Waals surface area contributed by atoms with Crippen LogP contribution in [0.25, 0.3) is 11.1 Å². The first-order valence-electron chi connectivity index (χ1n) is 4.20. The van der Waals surface area contributed by atoms with Gasteiger partial charge in [0.1, 0.15) is 0 Å². The summed E-state index contributed by atoms with van der Waals surface area (Å²) in [4.78, 5) is 13.4. The van der Waals surface area contributed by atoms with Crippen molar-refractivity contribution in [2.75, 3.05) is 0 Å². The second-order valence-corrected chi connectivity index (χ2v) is 2.95. The summed E-state index contributed by atoms with van der Waals surface area (Å²) in [6.45, 7) is 3.77. The lowest BCUT2D eigenvalue weighted by molar-refractivity contribution is 0.555. The zero-order valence-corrected chi connectivity index (χ0v) is 7.17. The van der Waals surface area contributed by atoms with E-state index in [1.54, 1.807) is 6.07 Å². The van der Waals surface area contributed by atoms with Gasteiger partial charge in [0.15, 0.2) is 5.58 Å². The molecule has 1 aromatic heterocycles. The Morgan fingerprint density at radius 3 is 3.08 bits per heavy atom. The van der Waals surface area contributed by atoms with E-state index < -0.39 is 5.76 Å². The third-order valence-electron chi connectivity index (χ3n) is 1.95. The van der Waals surface area contributed by atoms with Crippen LogP contribution in [0.2, 0.25) is 0 Å². The van der Waals surface area contributed by atoms with Gasteiger partial charge in [0.2, 0.25) is 0 Å². The van der Waals surface area contributed by atoms with Crippen LogP contribution in [0, 0.1) is 6.92 Å². The summed E-state index contributed by atoms with van der Waals surface area (Å²) >= 11 is 0. The molecule has 13 heavy (non-hydrogen) atoms.